The summed E-state index contributed by atoms with van der Waals surface area (Å²) in [4.78, 5) is 3.74. The molecule has 2 heterocycles. The molecule has 0 aliphatic carbocycles. The van der Waals surface area contributed by atoms with Gasteiger partial charge >= 0.3 is 0 Å². The molecule has 17 heavy (non-hydrogen) atoms. The molecule has 1 aliphatic rings. The van der Waals surface area contributed by atoms with Crippen molar-refractivity contribution in [2.75, 3.05) is 17.3 Å². The Bertz CT molecular complexity index is 416. The number of anilines is 2. The SMILES string of the molecule is CC1OCCC1Nc1nc(NN)c(F)cc1F. The van der Waals surface area contributed by atoms with Crippen LogP contribution in [0.1, 0.15) is 13.3 Å². The zero-order valence-corrected chi connectivity index (χ0v) is 9.34. The van der Waals surface area contributed by atoms with Gasteiger partial charge in [0.25, 0.3) is 0 Å². The Labute approximate surface area is 97.3 Å². The maximum atomic E-state index is 13.5. The Morgan fingerprint density at radius 1 is 1.41 bits per heavy atom. The van der Waals surface area contributed by atoms with Crippen molar-refractivity contribution < 1.29 is 13.5 Å². The van der Waals surface area contributed by atoms with Crippen LogP contribution in [0, 0.1) is 11.6 Å². The van der Waals surface area contributed by atoms with E-state index in [0.717, 1.165) is 12.5 Å². The van der Waals surface area contributed by atoms with Crippen LogP contribution in [0.4, 0.5) is 20.4 Å². The number of ether oxygens (including phenoxy) is 1. The maximum absolute atomic E-state index is 13.5. The molecule has 0 radical (unpaired) electrons. The van der Waals surface area contributed by atoms with Gasteiger partial charge < -0.3 is 15.5 Å². The molecule has 0 aromatic carbocycles. The zero-order chi connectivity index (χ0) is 12.4. The first-order valence-corrected chi connectivity index (χ1v) is 5.32. The third-order valence-corrected chi connectivity index (χ3v) is 2.76. The average Bonchev–Trinajstić information content (AvgIpc) is 2.68. The van der Waals surface area contributed by atoms with Gasteiger partial charge in [0.2, 0.25) is 0 Å². The maximum Gasteiger partial charge on any atom is 0.178 e. The molecule has 1 aromatic heterocycles. The molecular formula is C10H14F2N4O. The van der Waals surface area contributed by atoms with E-state index in [4.69, 9.17) is 10.6 Å². The van der Waals surface area contributed by atoms with Gasteiger partial charge in [-0.2, -0.15) is 0 Å². The van der Waals surface area contributed by atoms with Gasteiger partial charge in [0.05, 0.1) is 12.1 Å². The highest BCUT2D eigenvalue weighted by Gasteiger charge is 2.25. The van der Waals surface area contributed by atoms with Crippen molar-refractivity contribution in [2.45, 2.75) is 25.5 Å². The number of nitrogen functional groups attached to an aromatic ring is 1. The lowest BCUT2D eigenvalue weighted by Gasteiger charge is -2.17. The van der Waals surface area contributed by atoms with Gasteiger partial charge in [-0.25, -0.2) is 19.6 Å². The van der Waals surface area contributed by atoms with Crippen molar-refractivity contribution in [1.29, 1.82) is 0 Å². The number of nitrogens with zero attached hydrogens (tertiary/aromatic N) is 1. The number of hydrogen-bond donors (Lipinski definition) is 3. The fourth-order valence-corrected chi connectivity index (χ4v) is 1.77. The second kappa shape index (κ2) is 4.80. The predicted octanol–water partition coefficient (Wildman–Crippen LogP) is 1.23. The highest BCUT2D eigenvalue weighted by Crippen LogP contribution is 2.22. The number of nitrogens with one attached hydrogen (secondary N) is 2. The summed E-state index contributed by atoms with van der Waals surface area (Å²) in [6.45, 7) is 2.50. The normalized spacial score (nSPS) is 23.8. The first-order chi connectivity index (χ1) is 8.11. The molecular weight excluding hydrogens is 230 g/mol. The highest BCUT2D eigenvalue weighted by molar-refractivity contribution is 5.47. The summed E-state index contributed by atoms with van der Waals surface area (Å²) in [6, 6.07) is 0.707. The molecule has 5 nitrogen and oxygen atoms in total. The fraction of sp³-hybridized carbons (Fsp3) is 0.500. The van der Waals surface area contributed by atoms with E-state index in [1.807, 2.05) is 6.92 Å². The molecule has 2 atom stereocenters. The number of halogens is 2. The Kier molecular flexibility index (Phi) is 3.39. The largest absolute Gasteiger partial charge is 0.376 e. The minimum Gasteiger partial charge on any atom is -0.376 e. The summed E-state index contributed by atoms with van der Waals surface area (Å²) >= 11 is 0. The summed E-state index contributed by atoms with van der Waals surface area (Å²) in [5.41, 5.74) is 2.07. The van der Waals surface area contributed by atoms with Crippen LogP contribution >= 0.6 is 0 Å². The molecule has 1 aliphatic heterocycles. The molecule has 1 aromatic rings. The Morgan fingerprint density at radius 2 is 2.12 bits per heavy atom. The van der Waals surface area contributed by atoms with Gasteiger partial charge in [-0.05, 0) is 13.3 Å². The summed E-state index contributed by atoms with van der Waals surface area (Å²) in [7, 11) is 0. The molecule has 0 amide bonds. The first kappa shape index (κ1) is 12.0. The van der Waals surface area contributed by atoms with Crippen molar-refractivity contribution in [3.8, 4) is 0 Å². The lowest BCUT2D eigenvalue weighted by molar-refractivity contribution is 0.121. The predicted molar refractivity (Wildman–Crippen MR) is 59.4 cm³/mol. The van der Waals surface area contributed by atoms with Crippen LogP contribution in [0.25, 0.3) is 0 Å². The molecule has 7 heteroatoms. The van der Waals surface area contributed by atoms with Gasteiger partial charge in [-0.3, -0.25) is 0 Å². The molecule has 0 spiro atoms. The van der Waals surface area contributed by atoms with Crippen molar-refractivity contribution >= 4 is 11.6 Å². The van der Waals surface area contributed by atoms with E-state index in [0.29, 0.717) is 6.61 Å². The summed E-state index contributed by atoms with van der Waals surface area (Å²) in [5.74, 6) is 3.28. The average molecular weight is 244 g/mol. The standard InChI is InChI=1S/C10H14F2N4O/c1-5-8(2-3-17-5)14-9-6(11)4-7(12)10(15-9)16-13/h4-5,8H,2-3,13H2,1H3,(H2,14,15,16). The van der Waals surface area contributed by atoms with Gasteiger partial charge in [0.15, 0.2) is 23.3 Å². The lowest BCUT2D eigenvalue weighted by atomic mass is 10.1. The van der Waals surface area contributed by atoms with Crippen molar-refractivity contribution in [3.05, 3.63) is 17.7 Å². The fourth-order valence-electron chi connectivity index (χ4n) is 1.77. The lowest BCUT2D eigenvalue weighted by Crippen LogP contribution is -2.28. The molecule has 4 N–H and O–H groups in total. The van der Waals surface area contributed by atoms with Gasteiger partial charge in [-0.1, -0.05) is 0 Å². The number of rotatable bonds is 3. The minimum absolute atomic E-state index is 0.0262. The summed E-state index contributed by atoms with van der Waals surface area (Å²) in [6.07, 6.45) is 0.723. The number of hydrogen-bond acceptors (Lipinski definition) is 5. The number of nitrogens with two attached hydrogens (primary N) is 1. The second-order valence-electron chi connectivity index (χ2n) is 3.91. The van der Waals surface area contributed by atoms with E-state index in [1.165, 1.54) is 0 Å². The molecule has 1 saturated heterocycles. The smallest absolute Gasteiger partial charge is 0.178 e. The van der Waals surface area contributed by atoms with Crippen LogP contribution in [0.3, 0.4) is 0 Å². The van der Waals surface area contributed by atoms with Gasteiger partial charge in [-0.15, -0.1) is 0 Å². The minimum atomic E-state index is -0.828. The Balaban J connectivity index is 2.20. The van der Waals surface area contributed by atoms with Crippen LogP contribution in [0.15, 0.2) is 6.07 Å². The third-order valence-electron chi connectivity index (χ3n) is 2.76. The monoisotopic (exact) mass is 244 g/mol. The third kappa shape index (κ3) is 2.45. The van der Waals surface area contributed by atoms with E-state index in [9.17, 15) is 8.78 Å². The molecule has 1 fully saturated rings. The molecule has 2 unspecified atom stereocenters. The Morgan fingerprint density at radius 3 is 2.71 bits per heavy atom. The molecule has 2 rings (SSSR count). The van der Waals surface area contributed by atoms with Gasteiger partial charge in [0, 0.05) is 12.7 Å². The molecule has 0 saturated carbocycles. The Hall–Kier alpha value is -1.47. The van der Waals surface area contributed by atoms with Crippen LogP contribution in [0.5, 0.6) is 0 Å². The van der Waals surface area contributed by atoms with Gasteiger partial charge in [0.1, 0.15) is 0 Å². The topological polar surface area (TPSA) is 72.2 Å². The zero-order valence-electron chi connectivity index (χ0n) is 9.34. The van der Waals surface area contributed by atoms with Crippen LogP contribution in [0.2, 0.25) is 0 Å². The number of pyridine rings is 1. The van der Waals surface area contributed by atoms with E-state index in [-0.39, 0.29) is 23.8 Å². The van der Waals surface area contributed by atoms with E-state index >= 15 is 0 Å². The number of aromatic nitrogens is 1. The highest BCUT2D eigenvalue weighted by atomic mass is 19.1. The molecule has 0 bridgehead atoms. The van der Waals surface area contributed by atoms with E-state index in [1.54, 1.807) is 0 Å². The quantitative estimate of drug-likeness (QED) is 0.551. The van der Waals surface area contributed by atoms with Crippen LogP contribution in [-0.2, 0) is 4.74 Å². The van der Waals surface area contributed by atoms with Crippen molar-refractivity contribution in [2.24, 2.45) is 5.84 Å². The van der Waals surface area contributed by atoms with Crippen molar-refractivity contribution in [1.82, 2.24) is 4.98 Å². The van der Waals surface area contributed by atoms with Crippen molar-refractivity contribution in [3.63, 3.8) is 0 Å². The number of hydrazine groups is 1. The first-order valence-electron chi connectivity index (χ1n) is 5.32. The van der Waals surface area contributed by atoms with E-state index < -0.39 is 11.6 Å². The summed E-state index contributed by atoms with van der Waals surface area (Å²) < 4.78 is 31.9. The van der Waals surface area contributed by atoms with Crippen LogP contribution < -0.4 is 16.6 Å². The van der Waals surface area contributed by atoms with E-state index in [2.05, 4.69) is 15.7 Å². The summed E-state index contributed by atoms with van der Waals surface area (Å²) in [5, 5.41) is 2.89. The second-order valence-corrected chi connectivity index (χ2v) is 3.91. The molecule has 94 valence electrons. The van der Waals surface area contributed by atoms with Crippen LogP contribution in [-0.4, -0.2) is 23.7 Å².